The number of rotatable bonds is 8. The van der Waals surface area contributed by atoms with E-state index in [9.17, 15) is 18.4 Å². The molecule has 3 aromatic rings. The summed E-state index contributed by atoms with van der Waals surface area (Å²) >= 11 is 0. The maximum Gasteiger partial charge on any atom is 0.482 e. The van der Waals surface area contributed by atoms with Crippen LogP contribution in [0.2, 0.25) is 0 Å². The fraction of sp³-hybridized carbons (Fsp3) is 0.200. The largest absolute Gasteiger partial charge is 0.489 e. The van der Waals surface area contributed by atoms with Crippen LogP contribution in [0.1, 0.15) is 27.0 Å². The summed E-state index contributed by atoms with van der Waals surface area (Å²) in [6.07, 6.45) is -3.18. The molecule has 166 valence electrons. The molecule has 0 saturated heterocycles. The minimum atomic E-state index is -3.96. The number of carbonyl (C=O) groups is 2. The van der Waals surface area contributed by atoms with Crippen LogP contribution in [0.3, 0.4) is 0 Å². The molecule has 3 aromatic carbocycles. The van der Waals surface area contributed by atoms with Crippen molar-refractivity contribution in [2.24, 2.45) is 0 Å². The van der Waals surface area contributed by atoms with Crippen molar-refractivity contribution in [2.45, 2.75) is 26.6 Å². The van der Waals surface area contributed by atoms with Gasteiger partial charge in [0.05, 0.1) is 0 Å². The molecule has 0 fully saturated rings. The Morgan fingerprint density at radius 3 is 2.31 bits per heavy atom. The normalized spacial score (nSPS) is 11.0. The zero-order chi connectivity index (χ0) is 23.3. The van der Waals surface area contributed by atoms with Gasteiger partial charge in [0.2, 0.25) is 0 Å². The van der Waals surface area contributed by atoms with Crippen molar-refractivity contribution in [1.82, 2.24) is 5.32 Å². The average Bonchev–Trinajstić information content (AvgIpc) is 2.78. The van der Waals surface area contributed by atoms with Crippen molar-refractivity contribution in [1.29, 1.82) is 0 Å². The minimum absolute atomic E-state index is 0.101. The predicted molar refractivity (Wildman–Crippen MR) is 117 cm³/mol. The SMILES string of the molecule is CNC(=O)C(F)(F)Oc1ccc(-c2cccc(COc3ccc(C=O)cc3)c2C)c(C)c1. The number of hydrogen-bond acceptors (Lipinski definition) is 4. The fourth-order valence-corrected chi connectivity index (χ4v) is 3.28. The first kappa shape index (κ1) is 22.9. The summed E-state index contributed by atoms with van der Waals surface area (Å²) in [7, 11) is 1.12. The van der Waals surface area contributed by atoms with Gasteiger partial charge in [-0.15, -0.1) is 0 Å². The Labute approximate surface area is 185 Å². The molecule has 0 atom stereocenters. The standard InChI is InChI=1S/C25H23F2NO4/c1-16-13-21(32-25(26,27)24(30)28-3)11-12-22(16)23-6-4-5-19(17(23)2)15-31-20-9-7-18(14-29)8-10-20/h4-14H,15H2,1-3H3,(H,28,30). The van der Waals surface area contributed by atoms with Gasteiger partial charge in [0.15, 0.2) is 0 Å². The molecular weight excluding hydrogens is 416 g/mol. The van der Waals surface area contributed by atoms with Gasteiger partial charge in [0, 0.05) is 12.6 Å². The molecule has 7 heteroatoms. The van der Waals surface area contributed by atoms with Gasteiger partial charge in [-0.05, 0) is 78.1 Å². The molecule has 5 nitrogen and oxygen atoms in total. The van der Waals surface area contributed by atoms with Gasteiger partial charge in [0.1, 0.15) is 24.4 Å². The van der Waals surface area contributed by atoms with E-state index in [0.29, 0.717) is 17.9 Å². The maximum atomic E-state index is 13.8. The highest BCUT2D eigenvalue weighted by Crippen LogP contribution is 2.32. The summed E-state index contributed by atoms with van der Waals surface area (Å²) in [5.74, 6) is -0.963. The lowest BCUT2D eigenvalue weighted by Gasteiger charge is -2.18. The van der Waals surface area contributed by atoms with Gasteiger partial charge >= 0.3 is 12.0 Å². The third-order valence-electron chi connectivity index (χ3n) is 5.08. The van der Waals surface area contributed by atoms with Crippen LogP contribution in [-0.2, 0) is 11.4 Å². The molecule has 0 unspecified atom stereocenters. The monoisotopic (exact) mass is 439 g/mol. The van der Waals surface area contributed by atoms with Crippen molar-refractivity contribution in [3.8, 4) is 22.6 Å². The molecule has 0 saturated carbocycles. The Kier molecular flexibility index (Phi) is 6.88. The summed E-state index contributed by atoms with van der Waals surface area (Å²) in [5.41, 5.74) is 5.05. The van der Waals surface area contributed by atoms with Crippen LogP contribution in [0.4, 0.5) is 8.78 Å². The number of benzene rings is 3. The quantitative estimate of drug-likeness (QED) is 0.497. The summed E-state index contributed by atoms with van der Waals surface area (Å²) in [5, 5.41) is 1.88. The van der Waals surface area contributed by atoms with Crippen molar-refractivity contribution in [3.05, 3.63) is 82.9 Å². The highest BCUT2D eigenvalue weighted by Gasteiger charge is 2.41. The maximum absolute atomic E-state index is 13.8. The van der Waals surface area contributed by atoms with Crippen LogP contribution in [0, 0.1) is 13.8 Å². The van der Waals surface area contributed by atoms with E-state index in [0.717, 1.165) is 41.2 Å². The molecule has 3 rings (SSSR count). The smallest absolute Gasteiger partial charge is 0.482 e. The third-order valence-corrected chi connectivity index (χ3v) is 5.08. The van der Waals surface area contributed by atoms with E-state index in [-0.39, 0.29) is 5.75 Å². The number of halogens is 2. The first-order valence-electron chi connectivity index (χ1n) is 9.91. The van der Waals surface area contributed by atoms with Crippen LogP contribution in [-0.4, -0.2) is 25.3 Å². The van der Waals surface area contributed by atoms with Gasteiger partial charge < -0.3 is 14.8 Å². The Hall–Kier alpha value is -3.74. The number of alkyl halides is 2. The Morgan fingerprint density at radius 1 is 1.00 bits per heavy atom. The third kappa shape index (κ3) is 5.11. The summed E-state index contributed by atoms with van der Waals surface area (Å²) in [4.78, 5) is 22.0. The van der Waals surface area contributed by atoms with Crippen LogP contribution in [0.25, 0.3) is 11.1 Å². The number of nitrogens with one attached hydrogen (secondary N) is 1. The zero-order valence-electron chi connectivity index (χ0n) is 17.9. The number of likely N-dealkylation sites (N-methyl/N-ethyl adjacent to an activating group) is 1. The second-order valence-corrected chi connectivity index (χ2v) is 7.24. The number of aryl methyl sites for hydroxylation is 1. The second-order valence-electron chi connectivity index (χ2n) is 7.24. The highest BCUT2D eigenvalue weighted by atomic mass is 19.3. The molecule has 1 N–H and O–H groups in total. The molecule has 0 aliphatic carbocycles. The molecule has 1 amide bonds. The van der Waals surface area contributed by atoms with E-state index in [4.69, 9.17) is 4.74 Å². The first-order chi connectivity index (χ1) is 15.2. The minimum Gasteiger partial charge on any atom is -0.489 e. The average molecular weight is 439 g/mol. The number of amides is 1. The van der Waals surface area contributed by atoms with Crippen molar-refractivity contribution in [2.75, 3.05) is 7.05 Å². The second kappa shape index (κ2) is 9.60. The van der Waals surface area contributed by atoms with E-state index in [1.807, 2.05) is 30.4 Å². The molecule has 0 heterocycles. The molecular formula is C25H23F2NO4. The first-order valence-corrected chi connectivity index (χ1v) is 9.91. The number of ether oxygens (including phenoxy) is 2. The number of hydrogen-bond donors (Lipinski definition) is 1. The lowest BCUT2D eigenvalue weighted by Crippen LogP contribution is -2.42. The van der Waals surface area contributed by atoms with E-state index >= 15 is 0 Å². The van der Waals surface area contributed by atoms with Gasteiger partial charge in [0.25, 0.3) is 0 Å². The molecule has 0 aliphatic heterocycles. The zero-order valence-corrected chi connectivity index (χ0v) is 17.9. The molecule has 0 spiro atoms. The summed E-state index contributed by atoms with van der Waals surface area (Å²) in [6, 6.07) is 17.2. The van der Waals surface area contributed by atoms with Crippen LogP contribution >= 0.6 is 0 Å². The fourth-order valence-electron chi connectivity index (χ4n) is 3.28. The Balaban J connectivity index is 1.80. The van der Waals surface area contributed by atoms with Gasteiger partial charge in [-0.2, -0.15) is 8.78 Å². The predicted octanol–water partition coefficient (Wildman–Crippen LogP) is 5.08. The van der Waals surface area contributed by atoms with Crippen LogP contribution in [0.5, 0.6) is 11.5 Å². The molecule has 0 bridgehead atoms. The number of carbonyl (C=O) groups excluding carboxylic acids is 2. The summed E-state index contributed by atoms with van der Waals surface area (Å²) in [6.45, 7) is 4.09. The van der Waals surface area contributed by atoms with E-state index in [1.165, 1.54) is 12.1 Å². The topological polar surface area (TPSA) is 64.6 Å². The summed E-state index contributed by atoms with van der Waals surface area (Å²) < 4.78 is 38.0. The number of aldehydes is 1. The highest BCUT2D eigenvalue weighted by molar-refractivity contribution is 5.82. The molecule has 0 aliphatic rings. The van der Waals surface area contributed by atoms with Crippen molar-refractivity contribution in [3.63, 3.8) is 0 Å². The van der Waals surface area contributed by atoms with Crippen LogP contribution < -0.4 is 14.8 Å². The lowest BCUT2D eigenvalue weighted by molar-refractivity contribution is -0.192. The Bertz CT molecular complexity index is 1130. The molecule has 0 radical (unpaired) electrons. The van der Waals surface area contributed by atoms with Gasteiger partial charge in [-0.1, -0.05) is 24.3 Å². The Morgan fingerprint density at radius 2 is 1.69 bits per heavy atom. The van der Waals surface area contributed by atoms with Crippen molar-refractivity contribution >= 4 is 12.2 Å². The van der Waals surface area contributed by atoms with E-state index < -0.39 is 12.0 Å². The van der Waals surface area contributed by atoms with Gasteiger partial charge in [-0.25, -0.2) is 0 Å². The lowest BCUT2D eigenvalue weighted by atomic mass is 9.93. The van der Waals surface area contributed by atoms with Gasteiger partial charge in [-0.3, -0.25) is 9.59 Å². The van der Waals surface area contributed by atoms with E-state index in [1.54, 1.807) is 37.3 Å². The van der Waals surface area contributed by atoms with Crippen molar-refractivity contribution < 1.29 is 27.8 Å². The molecule has 32 heavy (non-hydrogen) atoms. The van der Waals surface area contributed by atoms with E-state index in [2.05, 4.69) is 4.74 Å². The van der Waals surface area contributed by atoms with Crippen LogP contribution in [0.15, 0.2) is 60.7 Å². The molecule has 0 aromatic heterocycles.